The number of aromatic nitrogens is 1. The van der Waals surface area contributed by atoms with Crippen LogP contribution in [0.5, 0.6) is 0 Å². The van der Waals surface area contributed by atoms with Gasteiger partial charge in [-0.2, -0.15) is 0 Å². The minimum Gasteiger partial charge on any atom is -0.353 e. The third-order valence-electron chi connectivity index (χ3n) is 5.57. The fourth-order valence-corrected chi connectivity index (χ4v) is 3.85. The summed E-state index contributed by atoms with van der Waals surface area (Å²) in [5.41, 5.74) is 1.46. The largest absolute Gasteiger partial charge is 0.353 e. The van der Waals surface area contributed by atoms with Gasteiger partial charge in [0.1, 0.15) is 0 Å². The van der Waals surface area contributed by atoms with E-state index in [-0.39, 0.29) is 17.4 Å². The molecule has 3 aliphatic rings. The maximum absolute atomic E-state index is 12.8. The molecule has 24 heavy (non-hydrogen) atoms. The van der Waals surface area contributed by atoms with Crippen molar-refractivity contribution >= 4 is 11.8 Å². The lowest BCUT2D eigenvalue weighted by Crippen LogP contribution is -2.64. The van der Waals surface area contributed by atoms with Gasteiger partial charge in [-0.15, -0.1) is 0 Å². The highest BCUT2D eigenvalue weighted by Gasteiger charge is 2.48. The number of nitrogens with one attached hydrogen (secondary N) is 1. The van der Waals surface area contributed by atoms with E-state index < -0.39 is 0 Å². The average molecular weight is 328 g/mol. The Morgan fingerprint density at radius 1 is 1.42 bits per heavy atom. The lowest BCUT2D eigenvalue weighted by molar-refractivity contribution is -0.128. The van der Waals surface area contributed by atoms with E-state index in [2.05, 4.69) is 15.2 Å². The van der Waals surface area contributed by atoms with Crippen molar-refractivity contribution in [1.82, 2.24) is 20.1 Å². The summed E-state index contributed by atoms with van der Waals surface area (Å²) in [5, 5.41) is 3.01. The van der Waals surface area contributed by atoms with Crippen molar-refractivity contribution in [2.24, 2.45) is 5.92 Å². The summed E-state index contributed by atoms with van der Waals surface area (Å²) in [7, 11) is 0. The van der Waals surface area contributed by atoms with Crippen molar-refractivity contribution in [1.29, 1.82) is 0 Å². The number of piperazine rings is 1. The number of nitrogens with zero attached hydrogens (tertiary/aromatic N) is 3. The number of rotatable bonds is 3. The first kappa shape index (κ1) is 15.6. The second kappa shape index (κ2) is 5.84. The second-order valence-electron chi connectivity index (χ2n) is 7.49. The van der Waals surface area contributed by atoms with E-state index in [0.29, 0.717) is 25.2 Å². The van der Waals surface area contributed by atoms with Gasteiger partial charge in [0, 0.05) is 38.1 Å². The molecule has 2 aliphatic heterocycles. The number of pyridine rings is 1. The summed E-state index contributed by atoms with van der Waals surface area (Å²) in [4.78, 5) is 33.1. The molecule has 0 aromatic carbocycles. The van der Waals surface area contributed by atoms with Crippen molar-refractivity contribution < 1.29 is 9.59 Å². The molecule has 0 bridgehead atoms. The Balaban J connectivity index is 1.49. The van der Waals surface area contributed by atoms with Crippen molar-refractivity contribution in [3.8, 4) is 0 Å². The van der Waals surface area contributed by atoms with Gasteiger partial charge in [0.05, 0.1) is 17.6 Å². The van der Waals surface area contributed by atoms with Gasteiger partial charge in [0.2, 0.25) is 5.91 Å². The van der Waals surface area contributed by atoms with Crippen molar-refractivity contribution in [3.05, 3.63) is 29.6 Å². The first-order valence-electron chi connectivity index (χ1n) is 8.79. The van der Waals surface area contributed by atoms with E-state index in [1.807, 2.05) is 24.0 Å². The van der Waals surface area contributed by atoms with Gasteiger partial charge in [0.25, 0.3) is 5.91 Å². The van der Waals surface area contributed by atoms with E-state index in [4.69, 9.17) is 0 Å². The normalized spacial score (nSPS) is 27.5. The predicted molar refractivity (Wildman–Crippen MR) is 89.5 cm³/mol. The summed E-state index contributed by atoms with van der Waals surface area (Å²) in [6.07, 6.45) is 5.12. The summed E-state index contributed by atoms with van der Waals surface area (Å²) in [6, 6.07) is 3.72. The molecule has 2 amide bonds. The number of amides is 2. The number of carbonyl (C=O) groups is 2. The fourth-order valence-electron chi connectivity index (χ4n) is 3.85. The molecule has 1 unspecified atom stereocenters. The van der Waals surface area contributed by atoms with Gasteiger partial charge >= 0.3 is 0 Å². The van der Waals surface area contributed by atoms with Crippen molar-refractivity contribution in [2.75, 3.05) is 32.7 Å². The van der Waals surface area contributed by atoms with Crippen molar-refractivity contribution in [2.45, 2.75) is 31.7 Å². The zero-order valence-electron chi connectivity index (χ0n) is 14.1. The van der Waals surface area contributed by atoms with E-state index in [1.165, 1.54) is 12.8 Å². The molecule has 4 rings (SSSR count). The second-order valence-corrected chi connectivity index (χ2v) is 7.49. The summed E-state index contributed by atoms with van der Waals surface area (Å²) in [6.45, 7) is 5.44. The minimum absolute atomic E-state index is 0.0441. The lowest BCUT2D eigenvalue weighted by Gasteiger charge is -2.44. The van der Waals surface area contributed by atoms with Gasteiger partial charge in [-0.25, -0.2) is 0 Å². The number of aryl methyl sites for hydroxylation is 1. The minimum atomic E-state index is -0.0930. The van der Waals surface area contributed by atoms with Crippen LogP contribution in [-0.2, 0) is 4.79 Å². The Morgan fingerprint density at radius 2 is 2.25 bits per heavy atom. The molecule has 128 valence electrons. The topological polar surface area (TPSA) is 65.5 Å². The highest BCUT2D eigenvalue weighted by molar-refractivity contribution is 5.94. The van der Waals surface area contributed by atoms with Crippen LogP contribution in [0.1, 0.15) is 35.3 Å². The van der Waals surface area contributed by atoms with Gasteiger partial charge in [-0.3, -0.25) is 19.5 Å². The highest BCUT2D eigenvalue weighted by atomic mass is 16.2. The Labute approximate surface area is 142 Å². The molecular formula is C18H24N4O2. The quantitative estimate of drug-likeness (QED) is 0.892. The Morgan fingerprint density at radius 3 is 2.96 bits per heavy atom. The van der Waals surface area contributed by atoms with E-state index in [1.54, 1.807) is 6.20 Å². The molecular weight excluding hydrogens is 304 g/mol. The molecule has 1 atom stereocenters. The van der Waals surface area contributed by atoms with Crippen LogP contribution in [0, 0.1) is 12.8 Å². The van der Waals surface area contributed by atoms with Gasteiger partial charge < -0.3 is 10.2 Å². The maximum Gasteiger partial charge on any atom is 0.255 e. The van der Waals surface area contributed by atoms with E-state index in [0.717, 1.165) is 31.1 Å². The number of hydrogen-bond donors (Lipinski definition) is 1. The Hall–Kier alpha value is -1.95. The lowest BCUT2D eigenvalue weighted by atomic mass is 9.93. The Kier molecular flexibility index (Phi) is 3.79. The van der Waals surface area contributed by atoms with Crippen LogP contribution in [0.25, 0.3) is 0 Å². The molecule has 6 nitrogen and oxygen atoms in total. The molecule has 1 spiro atoms. The predicted octanol–water partition coefficient (Wildman–Crippen LogP) is 0.817. The monoisotopic (exact) mass is 328 g/mol. The third kappa shape index (κ3) is 2.90. The zero-order chi connectivity index (χ0) is 16.7. The van der Waals surface area contributed by atoms with E-state index >= 15 is 0 Å². The SMILES string of the molecule is Cc1ccc(C(=O)N2CCC3(CNC(=O)CN3CC3CC3)C2)cn1. The highest BCUT2D eigenvalue weighted by Crippen LogP contribution is 2.36. The average Bonchev–Trinajstić information content (AvgIpc) is 3.29. The van der Waals surface area contributed by atoms with Gasteiger partial charge in [-0.05, 0) is 44.2 Å². The zero-order valence-corrected chi connectivity index (χ0v) is 14.1. The number of hydrogen-bond acceptors (Lipinski definition) is 4. The summed E-state index contributed by atoms with van der Waals surface area (Å²) >= 11 is 0. The van der Waals surface area contributed by atoms with E-state index in [9.17, 15) is 9.59 Å². The molecule has 1 N–H and O–H groups in total. The molecule has 1 aromatic rings. The molecule has 1 aliphatic carbocycles. The molecule has 3 fully saturated rings. The third-order valence-corrected chi connectivity index (χ3v) is 5.57. The molecule has 0 radical (unpaired) electrons. The van der Waals surface area contributed by atoms with Crippen molar-refractivity contribution in [3.63, 3.8) is 0 Å². The van der Waals surface area contributed by atoms with Crippen LogP contribution in [0.2, 0.25) is 0 Å². The van der Waals surface area contributed by atoms with Crippen LogP contribution in [0.3, 0.4) is 0 Å². The molecule has 2 saturated heterocycles. The molecule has 6 heteroatoms. The Bertz CT molecular complexity index is 655. The molecule has 1 aromatic heterocycles. The number of carbonyl (C=O) groups excluding carboxylic acids is 2. The maximum atomic E-state index is 12.8. The fraction of sp³-hybridized carbons (Fsp3) is 0.611. The standard InChI is InChI=1S/C18H24N4O2/c1-13-2-5-15(8-19-13)17(24)21-7-6-18(12-21)11-20-16(23)10-22(18)9-14-3-4-14/h2,5,8,14H,3-4,6-7,9-12H2,1H3,(H,20,23). The molecule has 3 heterocycles. The summed E-state index contributed by atoms with van der Waals surface area (Å²) < 4.78 is 0. The van der Waals surface area contributed by atoms with Gasteiger partial charge in [-0.1, -0.05) is 0 Å². The number of likely N-dealkylation sites (tertiary alicyclic amines) is 1. The first-order chi connectivity index (χ1) is 11.6. The van der Waals surface area contributed by atoms with Crippen LogP contribution in [0.15, 0.2) is 18.3 Å². The first-order valence-corrected chi connectivity index (χ1v) is 8.79. The van der Waals surface area contributed by atoms with Gasteiger partial charge in [0.15, 0.2) is 0 Å². The van der Waals surface area contributed by atoms with Crippen LogP contribution in [-0.4, -0.2) is 64.9 Å². The van der Waals surface area contributed by atoms with Crippen LogP contribution >= 0.6 is 0 Å². The molecule has 1 saturated carbocycles. The summed E-state index contributed by atoms with van der Waals surface area (Å²) in [5.74, 6) is 0.884. The van der Waals surface area contributed by atoms with Crippen LogP contribution < -0.4 is 5.32 Å². The van der Waals surface area contributed by atoms with Crippen LogP contribution in [0.4, 0.5) is 0 Å². The smallest absolute Gasteiger partial charge is 0.255 e.